The molecule has 0 spiro atoms. The number of nitro groups is 1. The third kappa shape index (κ3) is 1.98. The normalized spacial score (nSPS) is 9.77. The molecule has 1 rings (SSSR count). The first-order valence-corrected chi connectivity index (χ1v) is 3.18. The summed E-state index contributed by atoms with van der Waals surface area (Å²) in [6.45, 7) is 0. The Balaban J connectivity index is 3.13. The maximum Gasteiger partial charge on any atom is 0.495 e. The number of halogens is 1. The molecule has 0 bridgehead atoms. The lowest BCUT2D eigenvalue weighted by atomic mass is 9.81. The fourth-order valence-corrected chi connectivity index (χ4v) is 0.721. The van der Waals surface area contributed by atoms with Crippen molar-refractivity contribution in [2.45, 2.75) is 0 Å². The van der Waals surface area contributed by atoms with Crippen LogP contribution < -0.4 is 5.46 Å². The summed E-state index contributed by atoms with van der Waals surface area (Å²) in [4.78, 5) is 12.4. The van der Waals surface area contributed by atoms with Crippen LogP contribution in [0.25, 0.3) is 0 Å². The van der Waals surface area contributed by atoms with Gasteiger partial charge >= 0.3 is 12.9 Å². The summed E-state index contributed by atoms with van der Waals surface area (Å²) >= 11 is 0. The van der Waals surface area contributed by atoms with E-state index in [1.165, 1.54) is 0 Å². The summed E-state index contributed by atoms with van der Waals surface area (Å²) < 4.78 is 12.8. The Hall–Kier alpha value is -1.54. The maximum atomic E-state index is 12.8. The maximum absolute atomic E-state index is 12.8. The van der Waals surface area contributed by atoms with Gasteiger partial charge in [-0.15, -0.1) is 0 Å². The molecule has 68 valence electrons. The molecule has 0 aromatic carbocycles. The minimum atomic E-state index is -2.02. The van der Waals surface area contributed by atoms with Crippen LogP contribution >= 0.6 is 0 Å². The third-order valence-corrected chi connectivity index (χ3v) is 1.33. The first kappa shape index (κ1) is 9.55. The number of pyridine rings is 1. The van der Waals surface area contributed by atoms with Crippen molar-refractivity contribution in [2.24, 2.45) is 0 Å². The lowest BCUT2D eigenvalue weighted by molar-refractivity contribution is -0.389. The lowest BCUT2D eigenvalue weighted by Crippen LogP contribution is -2.33. The Kier molecular flexibility index (Phi) is 2.54. The summed E-state index contributed by atoms with van der Waals surface area (Å²) in [5, 5.41) is 27.2. The predicted molar refractivity (Wildman–Crippen MR) is 40.7 cm³/mol. The summed E-state index contributed by atoms with van der Waals surface area (Å²) in [6.07, 6.45) is 0.706. The SMILES string of the molecule is O=[N+]([O-])c1cc(F)c(B(O)O)cn1. The highest BCUT2D eigenvalue weighted by atomic mass is 19.1. The monoisotopic (exact) mass is 186 g/mol. The molecular formula is C5H4BFN2O4. The van der Waals surface area contributed by atoms with Crippen LogP contribution in [-0.2, 0) is 0 Å². The molecule has 0 aliphatic rings. The molecule has 0 saturated heterocycles. The Morgan fingerprint density at radius 3 is 2.62 bits per heavy atom. The van der Waals surface area contributed by atoms with E-state index < -0.39 is 29.1 Å². The second-order valence-electron chi connectivity index (χ2n) is 2.19. The fraction of sp³-hybridized carbons (Fsp3) is 0. The minimum Gasteiger partial charge on any atom is -0.423 e. The van der Waals surface area contributed by atoms with Gasteiger partial charge in [-0.1, -0.05) is 0 Å². The van der Waals surface area contributed by atoms with E-state index in [2.05, 4.69) is 4.98 Å². The summed E-state index contributed by atoms with van der Waals surface area (Å²) in [5.74, 6) is -1.75. The number of nitrogens with zero attached hydrogens (tertiary/aromatic N) is 2. The molecule has 1 aromatic rings. The molecule has 0 fully saturated rings. The standard InChI is InChI=1S/C5H4BFN2O4/c7-4-1-5(9(12)13)8-2-3(4)6(10)11/h1-2,10-11H. The van der Waals surface area contributed by atoms with Crippen molar-refractivity contribution in [3.8, 4) is 0 Å². The zero-order valence-electron chi connectivity index (χ0n) is 6.22. The Morgan fingerprint density at radius 1 is 1.62 bits per heavy atom. The summed E-state index contributed by atoms with van der Waals surface area (Å²) in [6, 6.07) is 0.523. The average Bonchev–Trinajstić information content (AvgIpc) is 2.03. The molecule has 1 heterocycles. The molecule has 0 saturated carbocycles. The molecular weight excluding hydrogens is 182 g/mol. The average molecular weight is 186 g/mol. The van der Waals surface area contributed by atoms with Gasteiger partial charge in [-0.2, -0.15) is 0 Å². The first-order valence-electron chi connectivity index (χ1n) is 3.18. The lowest BCUT2D eigenvalue weighted by Gasteiger charge is -1.97. The largest absolute Gasteiger partial charge is 0.495 e. The van der Waals surface area contributed by atoms with Crippen LogP contribution in [-0.4, -0.2) is 27.1 Å². The zero-order chi connectivity index (χ0) is 10.0. The van der Waals surface area contributed by atoms with E-state index in [1.807, 2.05) is 0 Å². The van der Waals surface area contributed by atoms with Crippen LogP contribution in [0.5, 0.6) is 0 Å². The number of aromatic nitrogens is 1. The van der Waals surface area contributed by atoms with Gasteiger partial charge in [0.05, 0.1) is 11.5 Å². The van der Waals surface area contributed by atoms with Gasteiger partial charge in [-0.3, -0.25) is 0 Å². The number of rotatable bonds is 2. The fourth-order valence-electron chi connectivity index (χ4n) is 0.721. The van der Waals surface area contributed by atoms with Crippen molar-refractivity contribution in [1.29, 1.82) is 0 Å². The summed E-state index contributed by atoms with van der Waals surface area (Å²) in [7, 11) is -2.02. The molecule has 0 unspecified atom stereocenters. The molecule has 0 amide bonds. The van der Waals surface area contributed by atoms with Crippen molar-refractivity contribution in [2.75, 3.05) is 0 Å². The molecule has 13 heavy (non-hydrogen) atoms. The smallest absolute Gasteiger partial charge is 0.423 e. The molecule has 0 aliphatic heterocycles. The van der Waals surface area contributed by atoms with Crippen LogP contribution in [0.2, 0.25) is 0 Å². The van der Waals surface area contributed by atoms with Crippen LogP contribution in [0, 0.1) is 15.9 Å². The molecule has 1 aromatic heterocycles. The van der Waals surface area contributed by atoms with Crippen molar-refractivity contribution in [3.63, 3.8) is 0 Å². The van der Waals surface area contributed by atoms with Crippen LogP contribution in [0.3, 0.4) is 0 Å². The van der Waals surface area contributed by atoms with E-state index in [0.717, 1.165) is 0 Å². The van der Waals surface area contributed by atoms with Crippen molar-refractivity contribution >= 4 is 18.4 Å². The van der Waals surface area contributed by atoms with Gasteiger partial charge in [0.15, 0.2) is 0 Å². The summed E-state index contributed by atoms with van der Waals surface area (Å²) in [5.41, 5.74) is -0.495. The number of hydrogen-bond donors (Lipinski definition) is 2. The van der Waals surface area contributed by atoms with E-state index in [0.29, 0.717) is 12.3 Å². The minimum absolute atomic E-state index is 0.495. The molecule has 2 N–H and O–H groups in total. The van der Waals surface area contributed by atoms with E-state index in [9.17, 15) is 14.5 Å². The van der Waals surface area contributed by atoms with E-state index in [1.54, 1.807) is 0 Å². The molecule has 0 aliphatic carbocycles. The van der Waals surface area contributed by atoms with E-state index in [4.69, 9.17) is 10.0 Å². The Morgan fingerprint density at radius 2 is 2.23 bits per heavy atom. The molecule has 6 nitrogen and oxygen atoms in total. The van der Waals surface area contributed by atoms with Gasteiger partial charge in [0.2, 0.25) is 0 Å². The van der Waals surface area contributed by atoms with Gasteiger partial charge in [0.1, 0.15) is 12.0 Å². The highest BCUT2D eigenvalue weighted by Crippen LogP contribution is 2.06. The molecule has 0 atom stereocenters. The second kappa shape index (κ2) is 3.46. The quantitative estimate of drug-likeness (QED) is 0.343. The van der Waals surface area contributed by atoms with Crippen LogP contribution in [0.15, 0.2) is 12.3 Å². The van der Waals surface area contributed by atoms with Crippen LogP contribution in [0.1, 0.15) is 0 Å². The van der Waals surface area contributed by atoms with E-state index in [-0.39, 0.29) is 0 Å². The zero-order valence-corrected chi connectivity index (χ0v) is 6.22. The molecule has 0 radical (unpaired) electrons. The van der Waals surface area contributed by atoms with E-state index >= 15 is 0 Å². The first-order chi connectivity index (χ1) is 6.02. The van der Waals surface area contributed by atoms with Gasteiger partial charge in [-0.25, -0.2) is 4.39 Å². The predicted octanol–water partition coefficient (Wildman–Crippen LogP) is -1.19. The Bertz CT molecular complexity index is 345. The van der Waals surface area contributed by atoms with Gasteiger partial charge in [-0.05, 0) is 9.91 Å². The van der Waals surface area contributed by atoms with Crippen molar-refractivity contribution in [3.05, 3.63) is 28.2 Å². The van der Waals surface area contributed by atoms with Gasteiger partial charge in [0, 0.05) is 0 Å². The number of hydrogen-bond acceptors (Lipinski definition) is 5. The second-order valence-corrected chi connectivity index (χ2v) is 2.19. The molecule has 8 heteroatoms. The van der Waals surface area contributed by atoms with Crippen molar-refractivity contribution < 1.29 is 19.4 Å². The van der Waals surface area contributed by atoms with Gasteiger partial charge < -0.3 is 20.2 Å². The topological polar surface area (TPSA) is 96.5 Å². The van der Waals surface area contributed by atoms with Gasteiger partial charge in [0.25, 0.3) is 0 Å². The van der Waals surface area contributed by atoms with Crippen molar-refractivity contribution in [1.82, 2.24) is 4.98 Å². The highest BCUT2D eigenvalue weighted by Gasteiger charge is 2.21. The third-order valence-electron chi connectivity index (χ3n) is 1.33. The Labute approximate surface area is 72.0 Å². The highest BCUT2D eigenvalue weighted by molar-refractivity contribution is 6.58. The van der Waals surface area contributed by atoms with Crippen LogP contribution in [0.4, 0.5) is 10.2 Å².